The van der Waals surface area contributed by atoms with Gasteiger partial charge < -0.3 is 15.7 Å². The maximum Gasteiger partial charge on any atom is 0.253 e. The lowest BCUT2D eigenvalue weighted by Gasteiger charge is -2.42. The van der Waals surface area contributed by atoms with E-state index in [4.69, 9.17) is 22.3 Å². The summed E-state index contributed by atoms with van der Waals surface area (Å²) in [6.07, 6.45) is 4.22. The van der Waals surface area contributed by atoms with Crippen LogP contribution in [-0.2, 0) is 0 Å². The van der Waals surface area contributed by atoms with Crippen molar-refractivity contribution < 1.29 is 9.90 Å². The Labute approximate surface area is 220 Å². The van der Waals surface area contributed by atoms with Crippen molar-refractivity contribution in [3.8, 4) is 0 Å². The normalized spacial score (nSPS) is 28.4. The number of carbonyl (C=O) groups is 1. The Kier molecular flexibility index (Phi) is 6.29. The van der Waals surface area contributed by atoms with Crippen LogP contribution >= 0.6 is 22.9 Å². The summed E-state index contributed by atoms with van der Waals surface area (Å²) in [6.45, 7) is 2.45. The van der Waals surface area contributed by atoms with Gasteiger partial charge in [-0.1, -0.05) is 17.7 Å². The van der Waals surface area contributed by atoms with E-state index >= 15 is 0 Å². The van der Waals surface area contributed by atoms with Gasteiger partial charge in [0.05, 0.1) is 5.69 Å². The van der Waals surface area contributed by atoms with Crippen LogP contribution in [0.15, 0.2) is 29.6 Å². The molecule has 2 aromatic heterocycles. The molecule has 3 N–H and O–H groups in total. The zero-order valence-electron chi connectivity index (χ0n) is 20.6. The summed E-state index contributed by atoms with van der Waals surface area (Å²) >= 11 is 8.41. The summed E-state index contributed by atoms with van der Waals surface area (Å²) in [5, 5.41) is 13.5. The second-order valence-corrected chi connectivity index (χ2v) is 12.0. The quantitative estimate of drug-likeness (QED) is 0.467. The standard InChI is InChI=1S/C27H32ClN5O2S/c1-14-30-25(20-7-8-36-26(20)31-14)22-12-21(22)19-6-3-15(9-23(19)28)27(35)32(2)18-10-16-4-5-17(11-18)33(16)13-24(29)34/h3,6-9,16-18,21-22,24,34H,4-5,10-13,29H2,1-2H3/t16?,17?,18?,21-,22+,24?/m0/s1. The molecule has 1 aliphatic carbocycles. The molecular formula is C27H32ClN5O2S. The number of fused-ring (bicyclic) bond motifs is 3. The van der Waals surface area contributed by atoms with E-state index in [0.29, 0.717) is 41.1 Å². The molecular weight excluding hydrogens is 494 g/mol. The van der Waals surface area contributed by atoms with E-state index in [1.54, 1.807) is 11.3 Å². The fourth-order valence-corrected chi connectivity index (χ4v) is 7.66. The zero-order chi connectivity index (χ0) is 25.1. The van der Waals surface area contributed by atoms with Gasteiger partial charge in [-0.2, -0.15) is 0 Å². The zero-order valence-corrected chi connectivity index (χ0v) is 22.2. The Balaban J connectivity index is 1.15. The maximum atomic E-state index is 13.4. The van der Waals surface area contributed by atoms with Crippen molar-refractivity contribution >= 4 is 39.1 Å². The van der Waals surface area contributed by atoms with E-state index in [2.05, 4.69) is 21.3 Å². The van der Waals surface area contributed by atoms with Crippen LogP contribution in [0.3, 0.4) is 0 Å². The average Bonchev–Trinajstić information content (AvgIpc) is 3.43. The number of aryl methyl sites for hydroxylation is 1. The van der Waals surface area contributed by atoms with Gasteiger partial charge in [0, 0.05) is 53.6 Å². The molecule has 2 aliphatic heterocycles. The Bertz CT molecular complexity index is 1300. The number of hydrogen-bond donors (Lipinski definition) is 2. The average molecular weight is 526 g/mol. The minimum atomic E-state index is -0.814. The van der Waals surface area contributed by atoms with Crippen molar-refractivity contribution in [1.82, 2.24) is 19.8 Å². The second kappa shape index (κ2) is 9.33. The van der Waals surface area contributed by atoms with Crippen LogP contribution in [0.25, 0.3) is 10.2 Å². The highest BCUT2D eigenvalue weighted by molar-refractivity contribution is 7.16. The summed E-state index contributed by atoms with van der Waals surface area (Å²) in [7, 11) is 1.90. The molecule has 3 aliphatic rings. The molecule has 0 spiro atoms. The van der Waals surface area contributed by atoms with Crippen LogP contribution in [-0.4, -0.2) is 68.7 Å². The number of aromatic nitrogens is 2. The molecule has 5 atom stereocenters. The third-order valence-electron chi connectivity index (χ3n) is 8.38. The molecule has 1 saturated carbocycles. The Hall–Kier alpha value is -2.10. The van der Waals surface area contributed by atoms with E-state index in [-0.39, 0.29) is 11.9 Å². The molecule has 0 radical (unpaired) electrons. The maximum absolute atomic E-state index is 13.4. The summed E-state index contributed by atoms with van der Waals surface area (Å²) in [6, 6.07) is 8.84. The van der Waals surface area contributed by atoms with Crippen LogP contribution < -0.4 is 5.73 Å². The number of nitrogens with zero attached hydrogens (tertiary/aromatic N) is 4. The molecule has 1 amide bonds. The van der Waals surface area contributed by atoms with Crippen molar-refractivity contribution in [3.05, 3.63) is 57.3 Å². The summed E-state index contributed by atoms with van der Waals surface area (Å²) in [5.41, 5.74) is 8.48. The molecule has 3 aromatic rings. The smallest absolute Gasteiger partial charge is 0.253 e. The van der Waals surface area contributed by atoms with Gasteiger partial charge in [0.1, 0.15) is 16.9 Å². The minimum Gasteiger partial charge on any atom is -0.377 e. The highest BCUT2D eigenvalue weighted by atomic mass is 35.5. The Morgan fingerprint density at radius 3 is 2.67 bits per heavy atom. The van der Waals surface area contributed by atoms with Gasteiger partial charge in [0.25, 0.3) is 5.91 Å². The number of thiophene rings is 1. The van der Waals surface area contributed by atoms with E-state index in [9.17, 15) is 9.90 Å². The minimum absolute atomic E-state index is 0.0129. The van der Waals surface area contributed by atoms with Crippen molar-refractivity contribution in [2.75, 3.05) is 13.6 Å². The van der Waals surface area contributed by atoms with E-state index in [1.165, 1.54) is 0 Å². The molecule has 6 rings (SSSR count). The first-order valence-corrected chi connectivity index (χ1v) is 14.0. The number of nitrogens with two attached hydrogens (primary N) is 1. The van der Waals surface area contributed by atoms with Crippen LogP contribution in [0.2, 0.25) is 5.02 Å². The van der Waals surface area contributed by atoms with Crippen LogP contribution in [0, 0.1) is 6.92 Å². The van der Waals surface area contributed by atoms with E-state index in [1.807, 2.05) is 37.1 Å². The number of rotatable bonds is 6. The predicted octanol–water partition coefficient (Wildman–Crippen LogP) is 4.27. The third kappa shape index (κ3) is 4.33. The first-order valence-electron chi connectivity index (χ1n) is 12.8. The monoisotopic (exact) mass is 525 g/mol. The molecule has 190 valence electrons. The van der Waals surface area contributed by atoms with Gasteiger partial charge in [0.15, 0.2) is 0 Å². The molecule has 3 unspecified atom stereocenters. The molecule has 3 fully saturated rings. The Morgan fingerprint density at radius 2 is 1.97 bits per heavy atom. The number of aliphatic hydroxyl groups is 1. The van der Waals surface area contributed by atoms with Crippen molar-refractivity contribution in [2.45, 2.75) is 75.2 Å². The molecule has 9 heteroatoms. The van der Waals surface area contributed by atoms with Crippen molar-refractivity contribution in [1.29, 1.82) is 0 Å². The third-order valence-corrected chi connectivity index (χ3v) is 9.51. The highest BCUT2D eigenvalue weighted by Gasteiger charge is 2.44. The Morgan fingerprint density at radius 1 is 1.22 bits per heavy atom. The number of halogens is 1. The molecule has 1 aromatic carbocycles. The number of amides is 1. The molecule has 7 nitrogen and oxygen atoms in total. The second-order valence-electron chi connectivity index (χ2n) is 10.7. The van der Waals surface area contributed by atoms with Crippen LogP contribution in [0.4, 0.5) is 0 Å². The van der Waals surface area contributed by atoms with Gasteiger partial charge in [-0.25, -0.2) is 9.97 Å². The lowest BCUT2D eigenvalue weighted by molar-refractivity contribution is 0.0294. The number of hydrogen-bond acceptors (Lipinski definition) is 7. The predicted molar refractivity (Wildman–Crippen MR) is 143 cm³/mol. The fraction of sp³-hybridized carbons (Fsp3) is 0.519. The van der Waals surface area contributed by atoms with Gasteiger partial charge in [-0.3, -0.25) is 9.69 Å². The number of aliphatic hydroxyl groups excluding tert-OH is 1. The highest BCUT2D eigenvalue weighted by Crippen LogP contribution is 2.57. The topological polar surface area (TPSA) is 95.6 Å². The lowest BCUT2D eigenvalue weighted by Crippen LogP contribution is -2.53. The lowest BCUT2D eigenvalue weighted by atomic mass is 9.95. The summed E-state index contributed by atoms with van der Waals surface area (Å²) in [5.74, 6) is 1.46. The largest absolute Gasteiger partial charge is 0.377 e. The molecule has 2 bridgehead atoms. The van der Waals surface area contributed by atoms with Gasteiger partial charge in [0.2, 0.25) is 0 Å². The summed E-state index contributed by atoms with van der Waals surface area (Å²) in [4.78, 5) is 28.0. The van der Waals surface area contributed by atoms with E-state index < -0.39 is 6.23 Å². The summed E-state index contributed by atoms with van der Waals surface area (Å²) < 4.78 is 0. The number of benzene rings is 1. The molecule has 36 heavy (non-hydrogen) atoms. The number of piperidine rings is 1. The fourth-order valence-electron chi connectivity index (χ4n) is 6.52. The van der Waals surface area contributed by atoms with Gasteiger partial charge >= 0.3 is 0 Å². The van der Waals surface area contributed by atoms with Crippen molar-refractivity contribution in [3.63, 3.8) is 0 Å². The van der Waals surface area contributed by atoms with Crippen LogP contribution in [0.1, 0.15) is 71.4 Å². The van der Waals surface area contributed by atoms with Gasteiger partial charge in [-0.15, -0.1) is 11.3 Å². The van der Waals surface area contributed by atoms with Crippen LogP contribution in [0.5, 0.6) is 0 Å². The first kappa shape index (κ1) is 24.2. The molecule has 2 saturated heterocycles. The van der Waals surface area contributed by atoms with E-state index in [0.717, 1.165) is 59.4 Å². The SMILES string of the molecule is Cc1nc([C@@H]2C[C@H]2c2ccc(C(=O)N(C)C3CC4CCC(C3)N4CC(N)O)cc2Cl)c2ccsc2n1. The first-order chi connectivity index (χ1) is 17.3. The van der Waals surface area contributed by atoms with Crippen molar-refractivity contribution in [2.24, 2.45) is 5.73 Å². The molecule has 4 heterocycles. The number of carbonyl (C=O) groups excluding carboxylic acids is 1. The van der Waals surface area contributed by atoms with Gasteiger partial charge in [-0.05, 0) is 74.1 Å².